The maximum Gasteiger partial charge on any atom is 0.200 e. The van der Waals surface area contributed by atoms with Crippen molar-refractivity contribution in [2.24, 2.45) is 0 Å². The summed E-state index contributed by atoms with van der Waals surface area (Å²) < 4.78 is 66.2. The van der Waals surface area contributed by atoms with Gasteiger partial charge in [-0.1, -0.05) is 24.8 Å². The van der Waals surface area contributed by atoms with Crippen LogP contribution in [0.3, 0.4) is 0 Å². The van der Waals surface area contributed by atoms with E-state index in [4.69, 9.17) is 12.2 Å². The molecule has 2 aromatic rings. The van der Waals surface area contributed by atoms with E-state index in [1.165, 1.54) is 0 Å². The predicted molar refractivity (Wildman–Crippen MR) is 82.6 cm³/mol. The number of rotatable bonds is 3. The van der Waals surface area contributed by atoms with Gasteiger partial charge in [-0.15, -0.1) is 0 Å². The van der Waals surface area contributed by atoms with Crippen LogP contribution in [-0.2, 0) is 0 Å². The lowest BCUT2D eigenvalue weighted by Gasteiger charge is -2.13. The van der Waals surface area contributed by atoms with E-state index in [2.05, 4.69) is 11.9 Å². The molecular formula is C15H9F5N2S. The van der Waals surface area contributed by atoms with E-state index in [1.807, 2.05) is 5.32 Å². The van der Waals surface area contributed by atoms with Crippen LogP contribution in [0.15, 0.2) is 30.8 Å². The van der Waals surface area contributed by atoms with Crippen molar-refractivity contribution >= 4 is 34.8 Å². The van der Waals surface area contributed by atoms with E-state index in [0.29, 0.717) is 5.69 Å². The number of anilines is 2. The van der Waals surface area contributed by atoms with Gasteiger partial charge in [0.1, 0.15) is 5.69 Å². The average Bonchev–Trinajstić information content (AvgIpc) is 2.56. The molecule has 0 heterocycles. The van der Waals surface area contributed by atoms with Gasteiger partial charge in [0.25, 0.3) is 0 Å². The van der Waals surface area contributed by atoms with E-state index in [9.17, 15) is 22.0 Å². The monoisotopic (exact) mass is 344 g/mol. The minimum Gasteiger partial charge on any atom is -0.332 e. The van der Waals surface area contributed by atoms with Gasteiger partial charge >= 0.3 is 0 Å². The Morgan fingerprint density at radius 1 is 0.826 bits per heavy atom. The van der Waals surface area contributed by atoms with Crippen molar-refractivity contribution in [3.05, 3.63) is 65.5 Å². The summed E-state index contributed by atoms with van der Waals surface area (Å²) in [5.74, 6) is -10.3. The van der Waals surface area contributed by atoms with Crippen molar-refractivity contribution in [3.8, 4) is 0 Å². The zero-order chi connectivity index (χ0) is 17.1. The molecule has 0 aliphatic carbocycles. The highest BCUT2D eigenvalue weighted by molar-refractivity contribution is 7.80. The van der Waals surface area contributed by atoms with E-state index in [-0.39, 0.29) is 5.11 Å². The third-order valence-electron chi connectivity index (χ3n) is 2.85. The summed E-state index contributed by atoms with van der Waals surface area (Å²) in [7, 11) is 0. The van der Waals surface area contributed by atoms with Crippen LogP contribution in [0.1, 0.15) is 5.56 Å². The minimum absolute atomic E-state index is 0.334. The first-order valence-electron chi connectivity index (χ1n) is 6.17. The standard InChI is InChI=1S/C15H9F5N2S/c1-2-7-3-5-8(6-4-7)21-15(23)22-14-12(19)10(17)9(16)11(18)13(14)20/h2-6H,1H2,(H2,21,22,23). The first kappa shape index (κ1) is 16.9. The molecule has 2 aromatic carbocycles. The zero-order valence-corrected chi connectivity index (χ0v) is 12.2. The second-order valence-corrected chi connectivity index (χ2v) is 4.76. The van der Waals surface area contributed by atoms with Gasteiger partial charge in [0, 0.05) is 5.69 Å². The lowest BCUT2D eigenvalue weighted by molar-refractivity contribution is 0.382. The third-order valence-corrected chi connectivity index (χ3v) is 3.06. The Labute approximate surface area is 133 Å². The van der Waals surface area contributed by atoms with Crippen LogP contribution >= 0.6 is 12.2 Å². The Kier molecular flexibility index (Phi) is 4.95. The van der Waals surface area contributed by atoms with Crippen LogP contribution < -0.4 is 10.6 Å². The molecule has 2 nitrogen and oxygen atoms in total. The van der Waals surface area contributed by atoms with Crippen molar-refractivity contribution in [3.63, 3.8) is 0 Å². The smallest absolute Gasteiger partial charge is 0.200 e. The van der Waals surface area contributed by atoms with E-state index < -0.39 is 34.8 Å². The molecule has 2 N–H and O–H groups in total. The Hall–Kier alpha value is -2.48. The molecule has 120 valence electrons. The van der Waals surface area contributed by atoms with E-state index in [0.717, 1.165) is 5.56 Å². The molecule has 0 radical (unpaired) electrons. The quantitative estimate of drug-likeness (QED) is 0.361. The molecule has 0 aliphatic rings. The summed E-state index contributed by atoms with van der Waals surface area (Å²) in [6, 6.07) is 6.58. The van der Waals surface area contributed by atoms with Gasteiger partial charge in [-0.05, 0) is 29.9 Å². The van der Waals surface area contributed by atoms with Gasteiger partial charge in [0.05, 0.1) is 0 Å². The number of thiocarbonyl (C=S) groups is 1. The number of hydrogen-bond donors (Lipinski definition) is 2. The lowest BCUT2D eigenvalue weighted by Crippen LogP contribution is -2.22. The van der Waals surface area contributed by atoms with E-state index in [1.54, 1.807) is 30.3 Å². The van der Waals surface area contributed by atoms with Crippen LogP contribution in [0.2, 0.25) is 0 Å². The minimum atomic E-state index is -2.23. The number of nitrogens with one attached hydrogen (secondary N) is 2. The fraction of sp³-hybridized carbons (Fsp3) is 0. The highest BCUT2D eigenvalue weighted by atomic mass is 32.1. The highest BCUT2D eigenvalue weighted by Crippen LogP contribution is 2.27. The van der Waals surface area contributed by atoms with Gasteiger partial charge < -0.3 is 10.6 Å². The Morgan fingerprint density at radius 3 is 1.78 bits per heavy atom. The topological polar surface area (TPSA) is 24.1 Å². The molecule has 0 aromatic heterocycles. The summed E-state index contributed by atoms with van der Waals surface area (Å²) in [6.07, 6.45) is 1.61. The van der Waals surface area contributed by atoms with Crippen molar-refractivity contribution < 1.29 is 22.0 Å². The molecule has 0 amide bonds. The second kappa shape index (κ2) is 6.74. The van der Waals surface area contributed by atoms with Gasteiger partial charge in [0.15, 0.2) is 28.4 Å². The first-order valence-corrected chi connectivity index (χ1v) is 6.58. The van der Waals surface area contributed by atoms with Crippen LogP contribution in [0.4, 0.5) is 33.3 Å². The molecule has 2 rings (SSSR count). The van der Waals surface area contributed by atoms with Crippen LogP contribution in [-0.4, -0.2) is 5.11 Å². The molecule has 0 saturated heterocycles. The molecule has 8 heteroatoms. The number of benzene rings is 2. The normalized spacial score (nSPS) is 10.3. The fourth-order valence-electron chi connectivity index (χ4n) is 1.69. The van der Waals surface area contributed by atoms with Crippen LogP contribution in [0.5, 0.6) is 0 Å². The largest absolute Gasteiger partial charge is 0.332 e. The van der Waals surface area contributed by atoms with Crippen LogP contribution in [0, 0.1) is 29.1 Å². The van der Waals surface area contributed by atoms with E-state index >= 15 is 0 Å². The summed E-state index contributed by atoms with van der Waals surface area (Å²) in [6.45, 7) is 3.58. The molecule has 0 aliphatic heterocycles. The summed E-state index contributed by atoms with van der Waals surface area (Å²) >= 11 is 4.80. The molecule has 0 atom stereocenters. The zero-order valence-electron chi connectivity index (χ0n) is 11.4. The highest BCUT2D eigenvalue weighted by Gasteiger charge is 2.26. The number of hydrogen-bond acceptors (Lipinski definition) is 1. The van der Waals surface area contributed by atoms with Crippen molar-refractivity contribution in [1.29, 1.82) is 0 Å². The number of halogens is 5. The molecule has 0 fully saturated rings. The lowest BCUT2D eigenvalue weighted by atomic mass is 10.2. The maximum atomic E-state index is 13.5. The molecule has 0 unspecified atom stereocenters. The predicted octanol–water partition coefficient (Wildman–Crippen LogP) is 4.83. The van der Waals surface area contributed by atoms with Crippen molar-refractivity contribution in [2.75, 3.05) is 10.6 Å². The SMILES string of the molecule is C=Cc1ccc(NC(=S)Nc2c(F)c(F)c(F)c(F)c2F)cc1. The van der Waals surface area contributed by atoms with Crippen molar-refractivity contribution in [2.45, 2.75) is 0 Å². The molecular weight excluding hydrogens is 335 g/mol. The average molecular weight is 344 g/mol. The van der Waals surface area contributed by atoms with Crippen molar-refractivity contribution in [1.82, 2.24) is 0 Å². The van der Waals surface area contributed by atoms with Gasteiger partial charge in [0.2, 0.25) is 5.82 Å². The summed E-state index contributed by atoms with van der Waals surface area (Å²) in [5.41, 5.74) is 0.0628. The maximum absolute atomic E-state index is 13.5. The molecule has 0 bridgehead atoms. The fourth-order valence-corrected chi connectivity index (χ4v) is 1.91. The molecule has 0 spiro atoms. The van der Waals surface area contributed by atoms with Gasteiger partial charge in [-0.2, -0.15) is 0 Å². The third kappa shape index (κ3) is 3.48. The second-order valence-electron chi connectivity index (χ2n) is 4.35. The van der Waals surface area contributed by atoms with Gasteiger partial charge in [-0.3, -0.25) is 0 Å². The molecule has 0 saturated carbocycles. The summed E-state index contributed by atoms with van der Waals surface area (Å²) in [4.78, 5) is 0. The Morgan fingerprint density at radius 2 is 1.30 bits per heavy atom. The van der Waals surface area contributed by atoms with Gasteiger partial charge in [-0.25, -0.2) is 22.0 Å². The van der Waals surface area contributed by atoms with Crippen LogP contribution in [0.25, 0.3) is 6.08 Å². The first-order chi connectivity index (χ1) is 10.8. The Bertz CT molecular complexity index is 745. The Balaban J connectivity index is 2.21. The molecule has 23 heavy (non-hydrogen) atoms. The summed E-state index contributed by atoms with van der Waals surface area (Å²) in [5, 5.41) is 4.20.